The molecule has 0 radical (unpaired) electrons. The molecule has 1 N–H and O–H groups in total. The zero-order chi connectivity index (χ0) is 13.2. The highest BCUT2D eigenvalue weighted by Crippen LogP contribution is 2.09. The third-order valence-corrected chi connectivity index (χ3v) is 3.05. The highest BCUT2D eigenvalue weighted by Gasteiger charge is 2.01. The molecule has 0 aromatic heterocycles. The van der Waals surface area contributed by atoms with Gasteiger partial charge in [-0.1, -0.05) is 51.5 Å². The monoisotopic (exact) mass is 249 g/mol. The van der Waals surface area contributed by atoms with E-state index in [1.165, 1.54) is 24.0 Å². The molecule has 2 nitrogen and oxygen atoms in total. The Bertz CT molecular complexity index is 307. The van der Waals surface area contributed by atoms with Crippen molar-refractivity contribution in [2.24, 2.45) is 5.92 Å². The van der Waals surface area contributed by atoms with E-state index in [4.69, 9.17) is 4.74 Å². The second-order valence-corrected chi connectivity index (χ2v) is 5.01. The molecule has 1 aromatic carbocycles. The lowest BCUT2D eigenvalue weighted by atomic mass is 10.1. The molecule has 18 heavy (non-hydrogen) atoms. The Morgan fingerprint density at radius 3 is 2.39 bits per heavy atom. The fourth-order valence-electron chi connectivity index (χ4n) is 1.98. The van der Waals surface area contributed by atoms with Gasteiger partial charge in [0.25, 0.3) is 0 Å². The quantitative estimate of drug-likeness (QED) is 0.719. The maximum Gasteiger partial charge on any atom is 0.0717 e. The van der Waals surface area contributed by atoms with E-state index in [-0.39, 0.29) is 0 Å². The molecule has 0 aliphatic rings. The molecule has 1 rings (SSSR count). The van der Waals surface area contributed by atoms with Crippen molar-refractivity contribution in [2.75, 3.05) is 13.2 Å². The first-order chi connectivity index (χ1) is 8.76. The highest BCUT2D eigenvalue weighted by atomic mass is 16.5. The second-order valence-electron chi connectivity index (χ2n) is 5.01. The molecule has 1 unspecified atom stereocenters. The van der Waals surface area contributed by atoms with Gasteiger partial charge in [0.05, 0.1) is 6.61 Å². The summed E-state index contributed by atoms with van der Waals surface area (Å²) in [4.78, 5) is 0. The fraction of sp³-hybridized carbons (Fsp3) is 0.625. The summed E-state index contributed by atoms with van der Waals surface area (Å²) in [6.45, 7) is 10.2. The SMILES string of the molecule is CCCC(C)COCc1ccc(CNCC)cc1. The molecule has 102 valence electrons. The number of benzene rings is 1. The van der Waals surface area contributed by atoms with E-state index >= 15 is 0 Å². The summed E-state index contributed by atoms with van der Waals surface area (Å²) in [6, 6.07) is 8.68. The van der Waals surface area contributed by atoms with Crippen LogP contribution in [0.2, 0.25) is 0 Å². The first-order valence-corrected chi connectivity index (χ1v) is 7.12. The number of hydrogen-bond acceptors (Lipinski definition) is 2. The molecule has 0 spiro atoms. The van der Waals surface area contributed by atoms with Gasteiger partial charge in [-0.15, -0.1) is 0 Å². The molecule has 2 heteroatoms. The zero-order valence-corrected chi connectivity index (χ0v) is 12.0. The van der Waals surface area contributed by atoms with Crippen LogP contribution >= 0.6 is 0 Å². The van der Waals surface area contributed by atoms with Gasteiger partial charge < -0.3 is 10.1 Å². The Balaban J connectivity index is 2.26. The Morgan fingerprint density at radius 1 is 1.11 bits per heavy atom. The lowest BCUT2D eigenvalue weighted by Crippen LogP contribution is -2.11. The van der Waals surface area contributed by atoms with Gasteiger partial charge in [-0.3, -0.25) is 0 Å². The lowest BCUT2D eigenvalue weighted by Gasteiger charge is -2.11. The van der Waals surface area contributed by atoms with E-state index in [0.717, 1.165) is 26.3 Å². The molecular weight excluding hydrogens is 222 g/mol. The van der Waals surface area contributed by atoms with E-state index in [9.17, 15) is 0 Å². The van der Waals surface area contributed by atoms with Gasteiger partial charge >= 0.3 is 0 Å². The van der Waals surface area contributed by atoms with E-state index < -0.39 is 0 Å². The van der Waals surface area contributed by atoms with E-state index in [0.29, 0.717) is 5.92 Å². The predicted octanol–water partition coefficient (Wildman–Crippen LogP) is 3.75. The van der Waals surface area contributed by atoms with E-state index in [1.807, 2.05) is 0 Å². The van der Waals surface area contributed by atoms with Crippen molar-refractivity contribution in [3.63, 3.8) is 0 Å². The molecule has 0 aliphatic carbocycles. The average molecular weight is 249 g/mol. The standard InChI is InChI=1S/C16H27NO/c1-4-6-14(3)12-18-13-16-9-7-15(8-10-16)11-17-5-2/h7-10,14,17H,4-6,11-13H2,1-3H3. The van der Waals surface area contributed by atoms with Crippen molar-refractivity contribution in [3.05, 3.63) is 35.4 Å². The summed E-state index contributed by atoms with van der Waals surface area (Å²) in [5, 5.41) is 3.32. The van der Waals surface area contributed by atoms with Crippen LogP contribution in [0, 0.1) is 5.92 Å². The molecule has 0 saturated carbocycles. The minimum Gasteiger partial charge on any atom is -0.376 e. The largest absolute Gasteiger partial charge is 0.376 e. The molecule has 0 heterocycles. The normalized spacial score (nSPS) is 12.6. The van der Waals surface area contributed by atoms with Crippen LogP contribution in [0.1, 0.15) is 44.7 Å². The van der Waals surface area contributed by atoms with Crippen LogP contribution in [0.5, 0.6) is 0 Å². The van der Waals surface area contributed by atoms with Gasteiger partial charge in [-0.05, 0) is 30.0 Å². The van der Waals surface area contributed by atoms with Crippen LogP contribution in [0.25, 0.3) is 0 Å². The summed E-state index contributed by atoms with van der Waals surface area (Å²) in [7, 11) is 0. The fourth-order valence-corrected chi connectivity index (χ4v) is 1.98. The molecule has 1 atom stereocenters. The van der Waals surface area contributed by atoms with Gasteiger partial charge in [0.2, 0.25) is 0 Å². The Kier molecular flexibility index (Phi) is 7.70. The van der Waals surface area contributed by atoms with Crippen LogP contribution in [0.3, 0.4) is 0 Å². The molecule has 0 fully saturated rings. The predicted molar refractivity (Wildman–Crippen MR) is 77.6 cm³/mol. The smallest absolute Gasteiger partial charge is 0.0717 e. The van der Waals surface area contributed by atoms with Crippen molar-refractivity contribution in [3.8, 4) is 0 Å². The maximum absolute atomic E-state index is 5.74. The number of ether oxygens (including phenoxy) is 1. The summed E-state index contributed by atoms with van der Waals surface area (Å²) < 4.78 is 5.74. The van der Waals surface area contributed by atoms with Crippen molar-refractivity contribution in [2.45, 2.75) is 46.8 Å². The second kappa shape index (κ2) is 9.12. The van der Waals surface area contributed by atoms with Crippen LogP contribution in [-0.2, 0) is 17.9 Å². The topological polar surface area (TPSA) is 21.3 Å². The lowest BCUT2D eigenvalue weighted by molar-refractivity contribution is 0.0893. The Labute approximate surface area is 112 Å². The van der Waals surface area contributed by atoms with Crippen molar-refractivity contribution in [1.82, 2.24) is 5.32 Å². The van der Waals surface area contributed by atoms with Gasteiger partial charge in [0.1, 0.15) is 0 Å². The average Bonchev–Trinajstić information content (AvgIpc) is 2.38. The minimum atomic E-state index is 0.669. The van der Waals surface area contributed by atoms with E-state index in [2.05, 4.69) is 50.4 Å². The van der Waals surface area contributed by atoms with Crippen LogP contribution in [0.15, 0.2) is 24.3 Å². The van der Waals surface area contributed by atoms with Gasteiger partial charge in [-0.2, -0.15) is 0 Å². The van der Waals surface area contributed by atoms with Crippen molar-refractivity contribution in [1.29, 1.82) is 0 Å². The Morgan fingerprint density at radius 2 is 1.78 bits per heavy atom. The van der Waals surface area contributed by atoms with Crippen LogP contribution in [-0.4, -0.2) is 13.2 Å². The number of nitrogens with one attached hydrogen (secondary N) is 1. The van der Waals surface area contributed by atoms with Crippen LogP contribution in [0.4, 0.5) is 0 Å². The molecule has 0 amide bonds. The zero-order valence-electron chi connectivity index (χ0n) is 12.0. The van der Waals surface area contributed by atoms with Gasteiger partial charge in [-0.25, -0.2) is 0 Å². The molecular formula is C16H27NO. The highest BCUT2D eigenvalue weighted by molar-refractivity contribution is 5.21. The van der Waals surface area contributed by atoms with Crippen molar-refractivity contribution < 1.29 is 4.74 Å². The van der Waals surface area contributed by atoms with Gasteiger partial charge in [0.15, 0.2) is 0 Å². The number of hydrogen-bond donors (Lipinski definition) is 1. The first kappa shape index (κ1) is 15.2. The minimum absolute atomic E-state index is 0.669. The van der Waals surface area contributed by atoms with Gasteiger partial charge in [0, 0.05) is 13.2 Å². The third-order valence-electron chi connectivity index (χ3n) is 3.05. The summed E-state index contributed by atoms with van der Waals surface area (Å²) in [6.07, 6.45) is 2.49. The molecule has 0 bridgehead atoms. The number of rotatable bonds is 9. The molecule has 0 saturated heterocycles. The maximum atomic E-state index is 5.74. The molecule has 0 aliphatic heterocycles. The summed E-state index contributed by atoms with van der Waals surface area (Å²) in [5.74, 6) is 0.669. The third kappa shape index (κ3) is 6.18. The summed E-state index contributed by atoms with van der Waals surface area (Å²) in [5.41, 5.74) is 2.60. The Hall–Kier alpha value is -0.860. The van der Waals surface area contributed by atoms with Crippen LogP contribution < -0.4 is 5.32 Å². The van der Waals surface area contributed by atoms with Crippen molar-refractivity contribution >= 4 is 0 Å². The van der Waals surface area contributed by atoms with E-state index in [1.54, 1.807) is 0 Å². The first-order valence-electron chi connectivity index (χ1n) is 7.12. The summed E-state index contributed by atoms with van der Waals surface area (Å²) >= 11 is 0. The molecule has 1 aromatic rings.